The third-order valence-corrected chi connectivity index (χ3v) is 8.03. The molecule has 28 heavy (non-hydrogen) atoms. The molecular weight excluding hydrogens is 358 g/mol. The second-order valence-electron chi connectivity index (χ2n) is 10.4. The summed E-state index contributed by atoms with van der Waals surface area (Å²) < 4.78 is 6.13. The number of hydrogen-bond acceptors (Lipinski definition) is 6. The third kappa shape index (κ3) is 4.42. The highest BCUT2D eigenvalue weighted by molar-refractivity contribution is 5.01. The summed E-state index contributed by atoms with van der Waals surface area (Å²) in [6.07, 6.45) is 8.96. The monoisotopic (exact) mass is 397 g/mol. The molecule has 6 heteroatoms. The predicted molar refractivity (Wildman–Crippen MR) is 106 cm³/mol. The van der Waals surface area contributed by atoms with Gasteiger partial charge in [0.2, 0.25) is 0 Å². The van der Waals surface area contributed by atoms with Crippen molar-refractivity contribution in [2.45, 2.75) is 94.6 Å². The topological polar surface area (TPSA) is 102 Å². The summed E-state index contributed by atoms with van der Waals surface area (Å²) in [4.78, 5) is 0. The van der Waals surface area contributed by atoms with Gasteiger partial charge in [0, 0.05) is 12.6 Å². The van der Waals surface area contributed by atoms with Gasteiger partial charge in [0.25, 0.3) is 0 Å². The van der Waals surface area contributed by atoms with Crippen LogP contribution in [0.15, 0.2) is 0 Å². The molecule has 0 radical (unpaired) electrons. The Bertz CT molecular complexity index is 478. The molecule has 0 amide bonds. The van der Waals surface area contributed by atoms with Gasteiger partial charge in [0.15, 0.2) is 0 Å². The molecule has 0 aromatic carbocycles. The normalized spacial score (nSPS) is 47.6. The molecule has 1 heterocycles. The van der Waals surface area contributed by atoms with Gasteiger partial charge in [-0.3, -0.25) is 0 Å². The summed E-state index contributed by atoms with van der Waals surface area (Å²) in [5, 5.41) is 42.3. The second-order valence-corrected chi connectivity index (χ2v) is 10.4. The van der Waals surface area contributed by atoms with Gasteiger partial charge in [-0.15, -0.1) is 0 Å². The van der Waals surface area contributed by atoms with Crippen LogP contribution in [0.4, 0.5) is 0 Å². The lowest BCUT2D eigenvalue weighted by Gasteiger charge is -2.56. The average molecular weight is 398 g/mol. The van der Waals surface area contributed by atoms with Crippen molar-refractivity contribution in [3.63, 3.8) is 0 Å². The van der Waals surface area contributed by atoms with Gasteiger partial charge in [-0.2, -0.15) is 0 Å². The molecule has 5 atom stereocenters. The zero-order valence-electron chi connectivity index (χ0n) is 17.0. The molecule has 0 unspecified atom stereocenters. The molecule has 162 valence electrons. The van der Waals surface area contributed by atoms with E-state index in [0.29, 0.717) is 5.41 Å². The van der Waals surface area contributed by atoms with Gasteiger partial charge in [-0.25, -0.2) is 0 Å². The number of rotatable bonds is 9. The van der Waals surface area contributed by atoms with E-state index in [4.69, 9.17) is 4.74 Å². The minimum absolute atomic E-state index is 0.250. The first kappa shape index (κ1) is 21.0. The van der Waals surface area contributed by atoms with Crippen molar-refractivity contribution in [2.24, 2.45) is 23.2 Å². The molecule has 0 spiro atoms. The van der Waals surface area contributed by atoms with Crippen LogP contribution in [0.3, 0.4) is 0 Å². The van der Waals surface area contributed by atoms with E-state index in [1.807, 2.05) is 0 Å². The van der Waals surface area contributed by atoms with Crippen molar-refractivity contribution in [3.05, 3.63) is 0 Å². The summed E-state index contributed by atoms with van der Waals surface area (Å²) in [6.45, 7) is 1.50. The molecule has 4 aliphatic carbocycles. The highest BCUT2D eigenvalue weighted by Crippen LogP contribution is 2.60. The van der Waals surface area contributed by atoms with Gasteiger partial charge in [0.05, 0.1) is 31.5 Å². The first-order valence-corrected chi connectivity index (χ1v) is 11.5. The zero-order valence-corrected chi connectivity index (χ0v) is 17.0. The Morgan fingerprint density at radius 1 is 0.786 bits per heavy atom. The molecule has 5 rings (SSSR count). The molecule has 0 aromatic heterocycles. The SMILES string of the molecule is OC[C@@H]1N[C@H](CCCCCOCC23CC4CC(CC(C4)C2)C3)[C@H](O)[C@@H](O)[C@@H]1O. The van der Waals surface area contributed by atoms with Crippen LogP contribution in [0, 0.1) is 23.2 Å². The fourth-order valence-electron chi connectivity index (χ4n) is 7.07. The number of piperidine rings is 1. The number of nitrogens with one attached hydrogen (secondary N) is 1. The Hall–Kier alpha value is -0.240. The number of aliphatic hydroxyl groups excluding tert-OH is 4. The van der Waals surface area contributed by atoms with Gasteiger partial charge in [0.1, 0.15) is 6.10 Å². The van der Waals surface area contributed by atoms with Crippen LogP contribution < -0.4 is 5.32 Å². The lowest BCUT2D eigenvalue weighted by Crippen LogP contribution is -2.65. The molecule has 1 saturated heterocycles. The minimum Gasteiger partial charge on any atom is -0.395 e. The van der Waals surface area contributed by atoms with E-state index in [0.717, 1.165) is 56.7 Å². The predicted octanol–water partition coefficient (Wildman–Crippen LogP) is 1.20. The fraction of sp³-hybridized carbons (Fsp3) is 1.00. The average Bonchev–Trinajstić information content (AvgIpc) is 2.66. The van der Waals surface area contributed by atoms with Crippen molar-refractivity contribution in [2.75, 3.05) is 19.8 Å². The smallest absolute Gasteiger partial charge is 0.109 e. The van der Waals surface area contributed by atoms with Crippen molar-refractivity contribution in [1.82, 2.24) is 5.32 Å². The van der Waals surface area contributed by atoms with E-state index < -0.39 is 24.4 Å². The van der Waals surface area contributed by atoms with E-state index in [1.165, 1.54) is 38.5 Å². The van der Waals surface area contributed by atoms with E-state index in [9.17, 15) is 20.4 Å². The summed E-state index contributed by atoms with van der Waals surface area (Å²) in [6, 6.07) is -0.865. The maximum atomic E-state index is 10.1. The minimum atomic E-state index is -1.20. The largest absolute Gasteiger partial charge is 0.395 e. The quantitative estimate of drug-likeness (QED) is 0.375. The van der Waals surface area contributed by atoms with Crippen molar-refractivity contribution < 1.29 is 25.2 Å². The van der Waals surface area contributed by atoms with Crippen LogP contribution >= 0.6 is 0 Å². The standard InChI is InChI=1S/C22H39NO5/c24-12-18-20(26)21(27)19(25)17(23-18)4-2-1-3-5-28-13-22-9-14-6-15(10-22)8-16(7-14)11-22/h14-21,23-27H,1-13H2/t14?,15?,16?,17-,18+,19+,20-,21-,22?/m1/s1. The van der Waals surface area contributed by atoms with Crippen LogP contribution in [0.5, 0.6) is 0 Å². The molecular formula is C22H39NO5. The van der Waals surface area contributed by atoms with Crippen molar-refractivity contribution in [3.8, 4) is 0 Å². The third-order valence-electron chi connectivity index (χ3n) is 8.03. The second kappa shape index (κ2) is 8.86. The zero-order chi connectivity index (χ0) is 19.7. The van der Waals surface area contributed by atoms with E-state index >= 15 is 0 Å². The maximum Gasteiger partial charge on any atom is 0.109 e. The molecule has 0 aromatic rings. The number of aliphatic hydroxyl groups is 4. The van der Waals surface area contributed by atoms with Crippen LogP contribution in [-0.2, 0) is 4.74 Å². The van der Waals surface area contributed by atoms with Crippen LogP contribution in [0.1, 0.15) is 64.2 Å². The Labute approximate surface area is 168 Å². The van der Waals surface area contributed by atoms with Crippen LogP contribution in [0.2, 0.25) is 0 Å². The van der Waals surface area contributed by atoms with Crippen LogP contribution in [0.25, 0.3) is 0 Å². The number of unbranched alkanes of at least 4 members (excludes halogenated alkanes) is 2. The maximum absolute atomic E-state index is 10.1. The van der Waals surface area contributed by atoms with Gasteiger partial charge in [-0.05, 0) is 74.5 Å². The summed E-state index contributed by atoms with van der Waals surface area (Å²) in [7, 11) is 0. The van der Waals surface area contributed by atoms with Gasteiger partial charge in [-0.1, -0.05) is 12.8 Å². The Balaban J connectivity index is 1.11. The fourth-order valence-corrected chi connectivity index (χ4v) is 7.07. The number of ether oxygens (including phenoxy) is 1. The van der Waals surface area contributed by atoms with E-state index in [-0.39, 0.29) is 12.6 Å². The van der Waals surface area contributed by atoms with Crippen molar-refractivity contribution >= 4 is 0 Å². The lowest BCUT2D eigenvalue weighted by atomic mass is 9.50. The molecule has 4 bridgehead atoms. The molecule has 4 saturated carbocycles. The highest BCUT2D eigenvalue weighted by atomic mass is 16.5. The Morgan fingerprint density at radius 3 is 2.00 bits per heavy atom. The van der Waals surface area contributed by atoms with Crippen molar-refractivity contribution in [1.29, 1.82) is 0 Å². The van der Waals surface area contributed by atoms with E-state index in [1.54, 1.807) is 0 Å². The molecule has 5 N–H and O–H groups in total. The highest BCUT2D eigenvalue weighted by Gasteiger charge is 2.50. The Morgan fingerprint density at radius 2 is 1.39 bits per heavy atom. The molecule has 6 nitrogen and oxygen atoms in total. The van der Waals surface area contributed by atoms with E-state index in [2.05, 4.69) is 5.32 Å². The van der Waals surface area contributed by atoms with Crippen LogP contribution in [-0.4, -0.2) is 70.6 Å². The van der Waals surface area contributed by atoms with Gasteiger partial charge < -0.3 is 30.5 Å². The first-order valence-electron chi connectivity index (χ1n) is 11.5. The number of hydrogen-bond donors (Lipinski definition) is 5. The first-order chi connectivity index (χ1) is 13.5. The molecule has 5 aliphatic rings. The molecule has 1 aliphatic heterocycles. The summed E-state index contributed by atoms with van der Waals surface area (Å²) >= 11 is 0. The Kier molecular flexibility index (Phi) is 6.65. The molecule has 5 fully saturated rings. The summed E-state index contributed by atoms with van der Waals surface area (Å²) in [5.74, 6) is 2.92. The van der Waals surface area contributed by atoms with Gasteiger partial charge >= 0.3 is 0 Å². The lowest BCUT2D eigenvalue weighted by molar-refractivity contribution is -0.120. The summed E-state index contributed by atoms with van der Waals surface area (Å²) in [5.41, 5.74) is 0.487.